The molecule has 17 heavy (non-hydrogen) atoms. The minimum absolute atomic E-state index is 0.353. The Kier molecular flexibility index (Phi) is 6.78. The number of amides is 1. The van der Waals surface area contributed by atoms with Gasteiger partial charge in [0.15, 0.2) is 0 Å². The van der Waals surface area contributed by atoms with Crippen molar-refractivity contribution < 1.29 is 4.79 Å². The van der Waals surface area contributed by atoms with Gasteiger partial charge in [-0.1, -0.05) is 33.8 Å². The molecule has 0 saturated heterocycles. The zero-order valence-corrected chi connectivity index (χ0v) is 11.9. The van der Waals surface area contributed by atoms with Crippen LogP contribution in [0.15, 0.2) is 16.8 Å². The zero-order valence-electron chi connectivity index (χ0n) is 11.9. The predicted molar refractivity (Wildman–Crippen MR) is 73.8 cm³/mol. The van der Waals surface area contributed by atoms with E-state index in [0.717, 1.165) is 12.1 Å². The van der Waals surface area contributed by atoms with E-state index in [1.54, 1.807) is 13.0 Å². The average molecular weight is 238 g/mol. The molecule has 2 N–H and O–H groups in total. The number of rotatable bonds is 6. The van der Waals surface area contributed by atoms with Crippen LogP contribution in [0, 0.1) is 17.8 Å². The number of aliphatic imine (C=N–C) groups is 1. The van der Waals surface area contributed by atoms with Crippen LogP contribution in [0.4, 0.5) is 0 Å². The number of carbonyl (C=O) groups is 1. The van der Waals surface area contributed by atoms with Crippen molar-refractivity contribution in [3.05, 3.63) is 11.8 Å². The second kappa shape index (κ2) is 7.25. The Bertz CT molecular complexity index is 316. The van der Waals surface area contributed by atoms with Gasteiger partial charge in [0.25, 0.3) is 5.91 Å². The summed E-state index contributed by atoms with van der Waals surface area (Å²) in [5.74, 6) is 1.23. The monoisotopic (exact) mass is 238 g/mol. The molecule has 0 aromatic heterocycles. The smallest absolute Gasteiger partial charge is 0.266 e. The maximum Gasteiger partial charge on any atom is 0.266 e. The van der Waals surface area contributed by atoms with Crippen molar-refractivity contribution in [1.82, 2.24) is 0 Å². The number of allylic oxidation sites excluding steroid dienone is 1. The lowest BCUT2D eigenvalue weighted by Crippen LogP contribution is -2.18. The molecule has 0 radical (unpaired) electrons. The number of nitrogens with two attached hydrogens (primary N) is 1. The summed E-state index contributed by atoms with van der Waals surface area (Å²) < 4.78 is 0. The first-order chi connectivity index (χ1) is 7.79. The zero-order chi connectivity index (χ0) is 13.6. The van der Waals surface area contributed by atoms with Crippen molar-refractivity contribution >= 4 is 11.6 Å². The van der Waals surface area contributed by atoms with Crippen molar-refractivity contribution in [3.63, 3.8) is 0 Å². The summed E-state index contributed by atoms with van der Waals surface area (Å²) in [6.07, 6.45) is 2.74. The van der Waals surface area contributed by atoms with Crippen LogP contribution in [-0.2, 0) is 4.79 Å². The van der Waals surface area contributed by atoms with Gasteiger partial charge in [-0.25, -0.2) is 0 Å². The summed E-state index contributed by atoms with van der Waals surface area (Å²) in [5.41, 5.74) is 6.56. The molecule has 0 spiro atoms. The molecular weight excluding hydrogens is 212 g/mol. The molecule has 0 bridgehead atoms. The van der Waals surface area contributed by atoms with Crippen LogP contribution in [0.1, 0.15) is 48.0 Å². The van der Waals surface area contributed by atoms with Crippen LogP contribution >= 0.6 is 0 Å². The van der Waals surface area contributed by atoms with E-state index < -0.39 is 5.91 Å². The summed E-state index contributed by atoms with van der Waals surface area (Å²) in [4.78, 5) is 15.4. The standard InChI is InChI=1S/C14H26N2O/c1-7-13(14(15)17)16-12(6)11(5)8-10(4)9(2)3/h7,9-11H,8H2,1-6H3,(H2,15,17)/b13-7-,16-12?/t10-,11-/m1/s1. The number of primary amides is 1. The third-order valence-corrected chi connectivity index (χ3v) is 3.40. The molecule has 0 rings (SSSR count). The van der Waals surface area contributed by atoms with Gasteiger partial charge in [-0.15, -0.1) is 0 Å². The fourth-order valence-corrected chi connectivity index (χ4v) is 1.56. The molecule has 3 heteroatoms. The van der Waals surface area contributed by atoms with Gasteiger partial charge in [0.2, 0.25) is 0 Å². The van der Waals surface area contributed by atoms with E-state index >= 15 is 0 Å². The Morgan fingerprint density at radius 1 is 1.29 bits per heavy atom. The van der Waals surface area contributed by atoms with Crippen LogP contribution in [0.2, 0.25) is 0 Å². The van der Waals surface area contributed by atoms with Crippen molar-refractivity contribution in [2.24, 2.45) is 28.5 Å². The molecule has 3 nitrogen and oxygen atoms in total. The van der Waals surface area contributed by atoms with Crippen molar-refractivity contribution in [2.45, 2.75) is 48.0 Å². The molecular formula is C14H26N2O. The lowest BCUT2D eigenvalue weighted by Gasteiger charge is -2.20. The van der Waals surface area contributed by atoms with Crippen molar-refractivity contribution in [1.29, 1.82) is 0 Å². The van der Waals surface area contributed by atoms with Crippen LogP contribution in [0.5, 0.6) is 0 Å². The van der Waals surface area contributed by atoms with Gasteiger partial charge < -0.3 is 5.73 Å². The van der Waals surface area contributed by atoms with Gasteiger partial charge in [-0.05, 0) is 38.0 Å². The topological polar surface area (TPSA) is 55.4 Å². The van der Waals surface area contributed by atoms with Crippen molar-refractivity contribution in [3.8, 4) is 0 Å². The van der Waals surface area contributed by atoms with E-state index in [4.69, 9.17) is 5.73 Å². The van der Waals surface area contributed by atoms with Crippen LogP contribution in [0.3, 0.4) is 0 Å². The van der Waals surface area contributed by atoms with Gasteiger partial charge in [-0.3, -0.25) is 9.79 Å². The van der Waals surface area contributed by atoms with E-state index in [-0.39, 0.29) is 0 Å². The highest BCUT2D eigenvalue weighted by molar-refractivity contribution is 5.96. The Labute approximate surface area is 105 Å². The maximum atomic E-state index is 11.1. The second-order valence-corrected chi connectivity index (χ2v) is 5.15. The number of nitrogens with zero attached hydrogens (tertiary/aromatic N) is 1. The van der Waals surface area contributed by atoms with E-state index in [0.29, 0.717) is 23.5 Å². The molecule has 2 atom stereocenters. The van der Waals surface area contributed by atoms with Crippen LogP contribution < -0.4 is 5.73 Å². The molecule has 0 saturated carbocycles. The van der Waals surface area contributed by atoms with E-state index in [9.17, 15) is 4.79 Å². The highest BCUT2D eigenvalue weighted by Gasteiger charge is 2.15. The molecule has 0 unspecified atom stereocenters. The Balaban J connectivity index is 4.64. The minimum Gasteiger partial charge on any atom is -0.364 e. The molecule has 1 amide bonds. The molecule has 0 heterocycles. The fourth-order valence-electron chi connectivity index (χ4n) is 1.56. The van der Waals surface area contributed by atoms with Gasteiger partial charge >= 0.3 is 0 Å². The largest absolute Gasteiger partial charge is 0.364 e. The lowest BCUT2D eigenvalue weighted by molar-refractivity contribution is -0.114. The molecule has 0 aliphatic rings. The summed E-state index contributed by atoms with van der Waals surface area (Å²) in [6, 6.07) is 0. The summed E-state index contributed by atoms with van der Waals surface area (Å²) in [6.45, 7) is 12.6. The first-order valence-electron chi connectivity index (χ1n) is 6.30. The average Bonchev–Trinajstić information content (AvgIpc) is 2.24. The summed E-state index contributed by atoms with van der Waals surface area (Å²) in [5, 5.41) is 0. The van der Waals surface area contributed by atoms with E-state index in [1.807, 2.05) is 6.92 Å². The highest BCUT2D eigenvalue weighted by atomic mass is 16.1. The number of hydrogen-bond acceptors (Lipinski definition) is 2. The first kappa shape index (κ1) is 15.9. The van der Waals surface area contributed by atoms with Crippen LogP contribution in [0.25, 0.3) is 0 Å². The molecule has 0 aromatic rings. The van der Waals surface area contributed by atoms with Gasteiger partial charge in [-0.2, -0.15) is 0 Å². The summed E-state index contributed by atoms with van der Waals surface area (Å²) >= 11 is 0. The minimum atomic E-state index is -0.462. The third kappa shape index (κ3) is 5.66. The first-order valence-corrected chi connectivity index (χ1v) is 6.30. The molecule has 0 aliphatic heterocycles. The molecule has 98 valence electrons. The van der Waals surface area contributed by atoms with Crippen molar-refractivity contribution in [2.75, 3.05) is 0 Å². The molecule has 0 aromatic carbocycles. The van der Waals surface area contributed by atoms with Gasteiger partial charge in [0, 0.05) is 5.71 Å². The Morgan fingerprint density at radius 3 is 2.18 bits per heavy atom. The Hall–Kier alpha value is -1.12. The third-order valence-electron chi connectivity index (χ3n) is 3.40. The van der Waals surface area contributed by atoms with Crippen LogP contribution in [-0.4, -0.2) is 11.6 Å². The molecule has 0 aliphatic carbocycles. The van der Waals surface area contributed by atoms with Gasteiger partial charge in [0.1, 0.15) is 5.70 Å². The fraction of sp³-hybridized carbons (Fsp3) is 0.714. The van der Waals surface area contributed by atoms with E-state index in [2.05, 4.69) is 32.7 Å². The quantitative estimate of drug-likeness (QED) is 0.561. The number of carbonyl (C=O) groups excluding carboxylic acids is 1. The Morgan fingerprint density at radius 2 is 1.82 bits per heavy atom. The number of hydrogen-bond donors (Lipinski definition) is 1. The summed E-state index contributed by atoms with van der Waals surface area (Å²) in [7, 11) is 0. The second-order valence-electron chi connectivity index (χ2n) is 5.15. The molecule has 0 fully saturated rings. The van der Waals surface area contributed by atoms with Gasteiger partial charge in [0.05, 0.1) is 0 Å². The SMILES string of the molecule is C/C=C(\N=C(C)[C@H](C)C[C@@H](C)C(C)C)C(N)=O. The maximum absolute atomic E-state index is 11.1. The normalized spacial score (nSPS) is 17.1. The van der Waals surface area contributed by atoms with E-state index in [1.165, 1.54) is 0 Å². The highest BCUT2D eigenvalue weighted by Crippen LogP contribution is 2.21. The predicted octanol–water partition coefficient (Wildman–Crippen LogP) is 3.15. The lowest BCUT2D eigenvalue weighted by atomic mass is 9.87.